The molecule has 8 heteroatoms. The van der Waals surface area contributed by atoms with Crippen molar-refractivity contribution in [2.24, 2.45) is 5.92 Å². The predicted molar refractivity (Wildman–Crippen MR) is 107 cm³/mol. The number of nitrogens with one attached hydrogen (secondary N) is 2. The Hall–Kier alpha value is -3.26. The lowest BCUT2D eigenvalue weighted by Crippen LogP contribution is -2.28. The fourth-order valence-electron chi connectivity index (χ4n) is 3.19. The number of benzene rings is 2. The molecular formula is C21H22FN3O4. The first-order chi connectivity index (χ1) is 13.9. The van der Waals surface area contributed by atoms with Crippen molar-refractivity contribution in [3.05, 3.63) is 53.8 Å². The SMILES string of the molecule is COCC(=O)Nc1cccc(NC(=O)C2CC(=O)N(c3ccc(C)cc3F)C2)c1. The number of ether oxygens (including phenoxy) is 1. The van der Waals surface area contributed by atoms with Crippen molar-refractivity contribution in [1.29, 1.82) is 0 Å². The molecule has 0 bridgehead atoms. The third-order valence-electron chi connectivity index (χ3n) is 4.58. The molecule has 29 heavy (non-hydrogen) atoms. The van der Waals surface area contributed by atoms with Crippen LogP contribution in [0.15, 0.2) is 42.5 Å². The first-order valence-electron chi connectivity index (χ1n) is 9.13. The van der Waals surface area contributed by atoms with Crippen molar-refractivity contribution in [3.63, 3.8) is 0 Å². The Kier molecular flexibility index (Phi) is 6.23. The molecule has 1 atom stereocenters. The number of hydrogen-bond donors (Lipinski definition) is 2. The summed E-state index contributed by atoms with van der Waals surface area (Å²) in [4.78, 5) is 37.9. The van der Waals surface area contributed by atoms with E-state index >= 15 is 0 Å². The van der Waals surface area contributed by atoms with Gasteiger partial charge in [0.05, 0.1) is 11.6 Å². The van der Waals surface area contributed by atoms with Crippen LogP contribution in [0.5, 0.6) is 0 Å². The van der Waals surface area contributed by atoms with Gasteiger partial charge in [-0.25, -0.2) is 4.39 Å². The third-order valence-corrected chi connectivity index (χ3v) is 4.58. The molecule has 1 aliphatic rings. The number of rotatable bonds is 6. The van der Waals surface area contributed by atoms with E-state index in [-0.39, 0.29) is 43.0 Å². The maximum Gasteiger partial charge on any atom is 0.250 e. The molecule has 1 heterocycles. The van der Waals surface area contributed by atoms with E-state index in [0.717, 1.165) is 5.56 Å². The van der Waals surface area contributed by atoms with Gasteiger partial charge in [-0.05, 0) is 42.8 Å². The Balaban J connectivity index is 1.66. The summed E-state index contributed by atoms with van der Waals surface area (Å²) in [6.45, 7) is 1.79. The quantitative estimate of drug-likeness (QED) is 0.782. The van der Waals surface area contributed by atoms with Gasteiger partial charge in [-0.3, -0.25) is 14.4 Å². The van der Waals surface area contributed by atoms with Crippen molar-refractivity contribution in [2.45, 2.75) is 13.3 Å². The molecule has 0 aromatic heterocycles. The number of hydrogen-bond acceptors (Lipinski definition) is 4. The van der Waals surface area contributed by atoms with Crippen LogP contribution in [0.4, 0.5) is 21.5 Å². The molecule has 0 spiro atoms. The van der Waals surface area contributed by atoms with Gasteiger partial charge in [0.15, 0.2) is 0 Å². The zero-order chi connectivity index (χ0) is 21.0. The number of methoxy groups -OCH3 is 1. The van der Waals surface area contributed by atoms with Crippen LogP contribution >= 0.6 is 0 Å². The fraction of sp³-hybridized carbons (Fsp3) is 0.286. The normalized spacial score (nSPS) is 16.0. The van der Waals surface area contributed by atoms with Crippen molar-refractivity contribution < 1.29 is 23.5 Å². The lowest BCUT2D eigenvalue weighted by molar-refractivity contribution is -0.122. The second-order valence-electron chi connectivity index (χ2n) is 6.91. The summed E-state index contributed by atoms with van der Waals surface area (Å²) < 4.78 is 19.0. The maximum atomic E-state index is 14.2. The van der Waals surface area contributed by atoms with E-state index in [1.54, 1.807) is 43.3 Å². The van der Waals surface area contributed by atoms with Gasteiger partial charge in [0.2, 0.25) is 17.7 Å². The summed E-state index contributed by atoms with van der Waals surface area (Å²) in [6.07, 6.45) is 0.00339. The van der Waals surface area contributed by atoms with Crippen LogP contribution in [0.25, 0.3) is 0 Å². The Labute approximate surface area is 167 Å². The van der Waals surface area contributed by atoms with Crippen molar-refractivity contribution in [3.8, 4) is 0 Å². The van der Waals surface area contributed by atoms with E-state index in [2.05, 4.69) is 10.6 Å². The van der Waals surface area contributed by atoms with Crippen molar-refractivity contribution in [2.75, 3.05) is 35.8 Å². The highest BCUT2D eigenvalue weighted by molar-refractivity contribution is 6.03. The molecule has 3 amide bonds. The Bertz CT molecular complexity index is 947. The molecule has 1 saturated heterocycles. The lowest BCUT2D eigenvalue weighted by Gasteiger charge is -2.18. The molecule has 0 radical (unpaired) electrons. The predicted octanol–water partition coefficient (Wildman–Crippen LogP) is 2.71. The number of amides is 3. The van der Waals surface area contributed by atoms with Gasteiger partial charge in [-0.1, -0.05) is 12.1 Å². The summed E-state index contributed by atoms with van der Waals surface area (Å²) in [5.74, 6) is -2.04. The van der Waals surface area contributed by atoms with Gasteiger partial charge in [0, 0.05) is 31.5 Å². The number of carbonyl (C=O) groups excluding carboxylic acids is 3. The topological polar surface area (TPSA) is 87.7 Å². The molecule has 2 aromatic carbocycles. The van der Waals surface area contributed by atoms with E-state index in [1.165, 1.54) is 18.1 Å². The summed E-state index contributed by atoms with van der Waals surface area (Å²) in [5, 5.41) is 5.40. The largest absolute Gasteiger partial charge is 0.375 e. The highest BCUT2D eigenvalue weighted by atomic mass is 19.1. The van der Waals surface area contributed by atoms with Crippen LogP contribution in [0, 0.1) is 18.7 Å². The number of carbonyl (C=O) groups is 3. The highest BCUT2D eigenvalue weighted by Gasteiger charge is 2.36. The van der Waals surface area contributed by atoms with Crippen LogP contribution in [-0.2, 0) is 19.1 Å². The average Bonchev–Trinajstić information content (AvgIpc) is 3.04. The number of nitrogens with zero attached hydrogens (tertiary/aromatic N) is 1. The van der Waals surface area contributed by atoms with Crippen LogP contribution in [0.3, 0.4) is 0 Å². The molecule has 1 aliphatic heterocycles. The smallest absolute Gasteiger partial charge is 0.250 e. The standard InChI is InChI=1S/C21H22FN3O4/c1-13-6-7-18(17(22)8-13)25-11-14(9-20(25)27)21(28)24-16-5-3-4-15(10-16)23-19(26)12-29-2/h3-8,10,14H,9,11-12H2,1-2H3,(H,23,26)(H,24,28). The van der Waals surface area contributed by atoms with Gasteiger partial charge >= 0.3 is 0 Å². The molecule has 1 fully saturated rings. The number of halogens is 1. The van der Waals surface area contributed by atoms with Gasteiger partial charge in [0.25, 0.3) is 0 Å². The van der Waals surface area contributed by atoms with Gasteiger partial charge in [-0.2, -0.15) is 0 Å². The zero-order valence-corrected chi connectivity index (χ0v) is 16.2. The van der Waals surface area contributed by atoms with Crippen LogP contribution in [0.2, 0.25) is 0 Å². The van der Waals surface area contributed by atoms with E-state index in [0.29, 0.717) is 11.4 Å². The lowest BCUT2D eigenvalue weighted by atomic mass is 10.1. The van der Waals surface area contributed by atoms with Crippen LogP contribution in [-0.4, -0.2) is 38.0 Å². The Morgan fingerprint density at radius 1 is 1.17 bits per heavy atom. The van der Waals surface area contributed by atoms with Crippen molar-refractivity contribution in [1.82, 2.24) is 0 Å². The minimum Gasteiger partial charge on any atom is -0.375 e. The first kappa shape index (κ1) is 20.5. The summed E-state index contributed by atoms with van der Waals surface area (Å²) >= 11 is 0. The minimum atomic E-state index is -0.602. The van der Waals surface area contributed by atoms with Gasteiger partial charge < -0.3 is 20.3 Å². The molecule has 3 rings (SSSR count). The van der Waals surface area contributed by atoms with E-state index in [9.17, 15) is 18.8 Å². The summed E-state index contributed by atoms with van der Waals surface area (Å²) in [6, 6.07) is 11.3. The maximum absolute atomic E-state index is 14.2. The first-order valence-corrected chi connectivity index (χ1v) is 9.13. The van der Waals surface area contributed by atoms with Crippen molar-refractivity contribution >= 4 is 34.8 Å². The monoisotopic (exact) mass is 399 g/mol. The summed E-state index contributed by atoms with van der Waals surface area (Å²) in [7, 11) is 1.42. The fourth-order valence-corrected chi connectivity index (χ4v) is 3.19. The molecule has 2 N–H and O–H groups in total. The zero-order valence-electron chi connectivity index (χ0n) is 16.2. The number of anilines is 3. The average molecular weight is 399 g/mol. The third kappa shape index (κ3) is 4.97. The van der Waals surface area contributed by atoms with Gasteiger partial charge in [-0.15, -0.1) is 0 Å². The molecule has 0 aliphatic carbocycles. The van der Waals surface area contributed by atoms with Crippen LogP contribution in [0.1, 0.15) is 12.0 Å². The Morgan fingerprint density at radius 2 is 1.90 bits per heavy atom. The summed E-state index contributed by atoms with van der Waals surface area (Å²) in [5.41, 5.74) is 1.93. The molecule has 152 valence electrons. The second kappa shape index (κ2) is 8.83. The number of aryl methyl sites for hydroxylation is 1. The van der Waals surface area contributed by atoms with E-state index in [4.69, 9.17) is 4.74 Å². The van der Waals surface area contributed by atoms with E-state index in [1.807, 2.05) is 0 Å². The molecule has 0 saturated carbocycles. The van der Waals surface area contributed by atoms with Crippen LogP contribution < -0.4 is 15.5 Å². The molecular weight excluding hydrogens is 377 g/mol. The molecule has 7 nitrogen and oxygen atoms in total. The Morgan fingerprint density at radius 3 is 2.59 bits per heavy atom. The van der Waals surface area contributed by atoms with Gasteiger partial charge in [0.1, 0.15) is 12.4 Å². The second-order valence-corrected chi connectivity index (χ2v) is 6.91. The van der Waals surface area contributed by atoms with E-state index < -0.39 is 11.7 Å². The minimum absolute atomic E-state index is 0.00339. The highest BCUT2D eigenvalue weighted by Crippen LogP contribution is 2.29. The molecule has 2 aromatic rings. The molecule has 1 unspecified atom stereocenters.